The van der Waals surface area contributed by atoms with Gasteiger partial charge in [-0.25, -0.2) is 0 Å². The number of nitrogens with one attached hydrogen (secondary N) is 1. The molecule has 1 N–H and O–H groups in total. The van der Waals surface area contributed by atoms with E-state index >= 15 is 0 Å². The minimum absolute atomic E-state index is 0.271. The summed E-state index contributed by atoms with van der Waals surface area (Å²) in [5.74, 6) is -0.271. The van der Waals surface area contributed by atoms with E-state index in [1.165, 1.54) is 23.4 Å². The first-order valence-electron chi connectivity index (χ1n) is 8.66. The van der Waals surface area contributed by atoms with Crippen LogP contribution in [-0.4, -0.2) is 22.4 Å². The van der Waals surface area contributed by atoms with Gasteiger partial charge in [-0.2, -0.15) is 0 Å². The molecular formula is C21H22N2O2. The normalized spacial score (nSPS) is 20.4. The number of H-pyrrole nitrogens is 1. The van der Waals surface area contributed by atoms with Crippen LogP contribution in [0.2, 0.25) is 0 Å². The number of fused-ring (bicyclic) bond motifs is 3. The fourth-order valence-electron chi connectivity index (χ4n) is 3.90. The lowest BCUT2D eigenvalue weighted by Crippen LogP contribution is -2.50. The molecule has 1 atom stereocenters. The van der Waals surface area contributed by atoms with Gasteiger partial charge in [0.15, 0.2) is 0 Å². The highest BCUT2D eigenvalue weighted by Gasteiger charge is 2.43. The number of aromatic amines is 1. The Balaban J connectivity index is 1.80. The van der Waals surface area contributed by atoms with Gasteiger partial charge < -0.3 is 9.72 Å². The average Bonchev–Trinajstić information content (AvgIpc) is 2.98. The molecule has 0 radical (unpaired) electrons. The Labute approximate surface area is 147 Å². The number of benzene rings is 2. The van der Waals surface area contributed by atoms with E-state index in [1.807, 2.05) is 31.2 Å². The van der Waals surface area contributed by atoms with Gasteiger partial charge in [-0.3, -0.25) is 9.69 Å². The zero-order valence-electron chi connectivity index (χ0n) is 14.6. The molecule has 0 fully saturated rings. The number of hydrogen-bond acceptors (Lipinski definition) is 3. The van der Waals surface area contributed by atoms with E-state index in [2.05, 4.69) is 40.2 Å². The van der Waals surface area contributed by atoms with Gasteiger partial charge in [-0.15, -0.1) is 0 Å². The van der Waals surface area contributed by atoms with E-state index in [0.29, 0.717) is 0 Å². The molecule has 0 amide bonds. The molecule has 25 heavy (non-hydrogen) atoms. The molecule has 0 aliphatic carbocycles. The van der Waals surface area contributed by atoms with Crippen molar-refractivity contribution in [1.82, 2.24) is 9.88 Å². The van der Waals surface area contributed by atoms with Crippen LogP contribution in [0.3, 0.4) is 0 Å². The molecule has 1 aromatic heterocycles. The third-order valence-corrected chi connectivity index (χ3v) is 5.07. The summed E-state index contributed by atoms with van der Waals surface area (Å²) in [6.45, 7) is 5.04. The van der Waals surface area contributed by atoms with Crippen LogP contribution in [0, 0.1) is 0 Å². The Morgan fingerprint density at radius 3 is 2.64 bits per heavy atom. The van der Waals surface area contributed by atoms with Crippen LogP contribution in [0.15, 0.2) is 54.6 Å². The summed E-state index contributed by atoms with van der Waals surface area (Å²) in [6.07, 6.45) is 0.934. The zero-order chi connectivity index (χ0) is 17.4. The number of ether oxygens (including phenoxy) is 1. The number of esters is 1. The van der Waals surface area contributed by atoms with E-state index in [4.69, 9.17) is 4.74 Å². The number of nitrogens with zero attached hydrogens (tertiary/aromatic N) is 1. The molecule has 0 spiro atoms. The summed E-state index contributed by atoms with van der Waals surface area (Å²) in [4.78, 5) is 17.6. The smallest absolute Gasteiger partial charge is 0.304 e. The van der Waals surface area contributed by atoms with E-state index in [0.717, 1.165) is 30.7 Å². The van der Waals surface area contributed by atoms with Crippen molar-refractivity contribution in [1.29, 1.82) is 0 Å². The van der Waals surface area contributed by atoms with Crippen LogP contribution < -0.4 is 0 Å². The van der Waals surface area contributed by atoms with Gasteiger partial charge in [0.1, 0.15) is 0 Å². The summed E-state index contributed by atoms with van der Waals surface area (Å²) in [7, 11) is 0. The molecule has 2 aromatic carbocycles. The van der Waals surface area contributed by atoms with Gasteiger partial charge in [-0.1, -0.05) is 48.5 Å². The third kappa shape index (κ3) is 2.72. The first kappa shape index (κ1) is 15.9. The van der Waals surface area contributed by atoms with Crippen molar-refractivity contribution in [3.63, 3.8) is 0 Å². The highest BCUT2D eigenvalue weighted by atomic mass is 16.6. The molecule has 4 rings (SSSR count). The lowest BCUT2D eigenvalue weighted by molar-refractivity contribution is -0.187. The predicted octanol–water partition coefficient (Wildman–Crippen LogP) is 3.96. The number of para-hydroxylation sites is 1. The molecule has 2 heterocycles. The van der Waals surface area contributed by atoms with Crippen LogP contribution in [0.4, 0.5) is 0 Å². The fraction of sp³-hybridized carbons (Fsp3) is 0.286. The first-order valence-corrected chi connectivity index (χ1v) is 8.66. The van der Waals surface area contributed by atoms with Gasteiger partial charge in [0.05, 0.1) is 5.69 Å². The molecule has 4 nitrogen and oxygen atoms in total. The molecule has 128 valence electrons. The van der Waals surface area contributed by atoms with E-state index in [9.17, 15) is 4.79 Å². The highest BCUT2D eigenvalue weighted by Crippen LogP contribution is 2.40. The molecule has 1 aliphatic heterocycles. The summed E-state index contributed by atoms with van der Waals surface area (Å²) in [5.41, 5.74) is 3.75. The number of rotatable bonds is 3. The van der Waals surface area contributed by atoms with Crippen molar-refractivity contribution in [2.45, 2.75) is 32.5 Å². The third-order valence-electron chi connectivity index (χ3n) is 5.07. The predicted molar refractivity (Wildman–Crippen MR) is 98.0 cm³/mol. The van der Waals surface area contributed by atoms with Gasteiger partial charge in [-0.05, 0) is 30.5 Å². The second-order valence-electron chi connectivity index (χ2n) is 6.76. The molecule has 1 aliphatic rings. The lowest BCUT2D eigenvalue weighted by atomic mass is 9.94. The van der Waals surface area contributed by atoms with E-state index in [1.54, 1.807) is 0 Å². The van der Waals surface area contributed by atoms with Gasteiger partial charge in [0, 0.05) is 30.9 Å². The largest absolute Gasteiger partial charge is 0.438 e. The van der Waals surface area contributed by atoms with Gasteiger partial charge in [0.2, 0.25) is 5.72 Å². The van der Waals surface area contributed by atoms with Crippen LogP contribution in [0.1, 0.15) is 30.7 Å². The number of carbonyl (C=O) groups excluding carboxylic acids is 1. The Morgan fingerprint density at radius 1 is 1.16 bits per heavy atom. The Bertz CT molecular complexity index is 916. The highest BCUT2D eigenvalue weighted by molar-refractivity contribution is 5.85. The molecule has 0 saturated carbocycles. The second-order valence-corrected chi connectivity index (χ2v) is 6.76. The van der Waals surface area contributed by atoms with Crippen molar-refractivity contribution >= 4 is 16.9 Å². The minimum atomic E-state index is -0.797. The van der Waals surface area contributed by atoms with E-state index in [-0.39, 0.29) is 5.97 Å². The molecule has 4 heteroatoms. The van der Waals surface area contributed by atoms with E-state index < -0.39 is 5.72 Å². The van der Waals surface area contributed by atoms with Crippen molar-refractivity contribution in [2.24, 2.45) is 0 Å². The van der Waals surface area contributed by atoms with Crippen molar-refractivity contribution < 1.29 is 9.53 Å². The molecule has 1 unspecified atom stereocenters. The maximum Gasteiger partial charge on any atom is 0.304 e. The monoisotopic (exact) mass is 334 g/mol. The standard InChI is InChI=1S/C21H22N2O2/c1-15(24)25-21(2)20-18(17-10-6-7-11-19(17)22-20)12-13-23(21)14-16-8-4-3-5-9-16/h3-11,22H,12-14H2,1-2H3. The number of carbonyl (C=O) groups is 1. The number of hydrogen-bond donors (Lipinski definition) is 1. The molecular weight excluding hydrogens is 312 g/mol. The van der Waals surface area contributed by atoms with Crippen LogP contribution in [0.5, 0.6) is 0 Å². The zero-order valence-corrected chi connectivity index (χ0v) is 14.6. The van der Waals surface area contributed by atoms with Crippen molar-refractivity contribution in [2.75, 3.05) is 6.54 Å². The minimum Gasteiger partial charge on any atom is -0.438 e. The second kappa shape index (κ2) is 6.05. The average molecular weight is 334 g/mol. The van der Waals surface area contributed by atoms with Crippen molar-refractivity contribution in [3.8, 4) is 0 Å². The topological polar surface area (TPSA) is 45.3 Å². The summed E-state index contributed by atoms with van der Waals surface area (Å²) >= 11 is 0. The molecule has 0 saturated heterocycles. The van der Waals surface area contributed by atoms with Gasteiger partial charge >= 0.3 is 5.97 Å². The van der Waals surface area contributed by atoms with Gasteiger partial charge in [0.25, 0.3) is 0 Å². The maximum absolute atomic E-state index is 11.9. The molecule has 0 bridgehead atoms. The summed E-state index contributed by atoms with van der Waals surface area (Å²) < 4.78 is 5.88. The van der Waals surface area contributed by atoms with Crippen LogP contribution in [-0.2, 0) is 28.2 Å². The quantitative estimate of drug-likeness (QED) is 0.737. The maximum atomic E-state index is 11.9. The first-order chi connectivity index (χ1) is 12.1. The summed E-state index contributed by atoms with van der Waals surface area (Å²) in [6, 6.07) is 18.6. The van der Waals surface area contributed by atoms with Crippen LogP contribution in [0.25, 0.3) is 10.9 Å². The van der Waals surface area contributed by atoms with Crippen molar-refractivity contribution in [3.05, 3.63) is 71.4 Å². The summed E-state index contributed by atoms with van der Waals surface area (Å²) in [5, 5.41) is 1.22. The Hall–Kier alpha value is -2.59. The Morgan fingerprint density at radius 2 is 1.88 bits per heavy atom. The SMILES string of the molecule is CC(=O)OC1(C)c2[nH]c3ccccc3c2CCN1Cc1ccccc1. The Kier molecular flexibility index (Phi) is 3.85. The van der Waals surface area contributed by atoms with Crippen LogP contribution >= 0.6 is 0 Å². The molecule has 3 aromatic rings. The lowest BCUT2D eigenvalue weighted by Gasteiger charge is -2.43. The number of aromatic nitrogens is 1. The fourth-order valence-corrected chi connectivity index (χ4v) is 3.90.